The Hall–Kier alpha value is -1.17. The summed E-state index contributed by atoms with van der Waals surface area (Å²) in [5, 5.41) is 1.04. The van der Waals surface area contributed by atoms with Crippen LogP contribution in [0.4, 0.5) is 0 Å². The van der Waals surface area contributed by atoms with E-state index in [0.717, 1.165) is 11.1 Å². The molecule has 1 fully saturated rings. The summed E-state index contributed by atoms with van der Waals surface area (Å²) in [5.74, 6) is 0. The van der Waals surface area contributed by atoms with Crippen molar-refractivity contribution in [3.8, 4) is 0 Å². The third-order valence-corrected chi connectivity index (χ3v) is 3.98. The van der Waals surface area contributed by atoms with Gasteiger partial charge >= 0.3 is 0 Å². The van der Waals surface area contributed by atoms with Crippen LogP contribution in [0.5, 0.6) is 0 Å². The van der Waals surface area contributed by atoms with E-state index in [1.165, 1.54) is 0 Å². The van der Waals surface area contributed by atoms with Crippen LogP contribution in [0.15, 0.2) is 12.3 Å². The van der Waals surface area contributed by atoms with E-state index in [2.05, 4.69) is 9.97 Å². The number of halogens is 1. The highest BCUT2D eigenvalue weighted by atomic mass is 35.5. The second kappa shape index (κ2) is 6.94. The summed E-state index contributed by atoms with van der Waals surface area (Å²) < 4.78 is 29.6. The zero-order valence-corrected chi connectivity index (χ0v) is 13.6. The van der Waals surface area contributed by atoms with Crippen LogP contribution in [0.2, 0.25) is 5.28 Å². The van der Waals surface area contributed by atoms with Crippen molar-refractivity contribution in [2.75, 3.05) is 13.2 Å². The SMILES string of the molecule is [2H]C1CC(n2c(C(OCC)OCC)cc3cnc(Cl)nc32)CC1[2H]. The largest absolute Gasteiger partial charge is 0.347 e. The lowest BCUT2D eigenvalue weighted by molar-refractivity contribution is -0.144. The first-order valence-electron chi connectivity index (χ1n) is 8.81. The molecule has 1 aliphatic carbocycles. The van der Waals surface area contributed by atoms with Crippen molar-refractivity contribution in [1.82, 2.24) is 14.5 Å². The molecule has 0 N–H and O–H groups in total. The number of rotatable bonds is 6. The highest BCUT2D eigenvalue weighted by Gasteiger charge is 2.27. The molecule has 0 aliphatic heterocycles. The van der Waals surface area contributed by atoms with E-state index >= 15 is 0 Å². The lowest BCUT2D eigenvalue weighted by Gasteiger charge is -2.23. The number of hydrogen-bond acceptors (Lipinski definition) is 4. The van der Waals surface area contributed by atoms with E-state index in [9.17, 15) is 0 Å². The van der Waals surface area contributed by atoms with Crippen LogP contribution < -0.4 is 0 Å². The molecule has 0 amide bonds. The molecule has 3 rings (SSSR count). The molecule has 0 aromatic carbocycles. The fourth-order valence-corrected chi connectivity index (χ4v) is 3.04. The molecule has 120 valence electrons. The van der Waals surface area contributed by atoms with Gasteiger partial charge in [0.1, 0.15) is 5.65 Å². The second-order valence-corrected chi connectivity index (χ2v) is 5.53. The molecule has 2 unspecified atom stereocenters. The van der Waals surface area contributed by atoms with Crippen molar-refractivity contribution in [3.63, 3.8) is 0 Å². The van der Waals surface area contributed by atoms with Crippen LogP contribution in [-0.4, -0.2) is 27.7 Å². The predicted molar refractivity (Wildman–Crippen MR) is 86.0 cm³/mol. The van der Waals surface area contributed by atoms with E-state index < -0.39 is 19.1 Å². The van der Waals surface area contributed by atoms with Gasteiger partial charge in [-0.2, -0.15) is 4.98 Å². The van der Waals surface area contributed by atoms with Gasteiger partial charge in [-0.1, -0.05) is 12.8 Å². The van der Waals surface area contributed by atoms with Gasteiger partial charge in [0.05, 0.1) is 5.69 Å². The first kappa shape index (κ1) is 13.3. The molecule has 5 nitrogen and oxygen atoms in total. The smallest absolute Gasteiger partial charge is 0.224 e. The van der Waals surface area contributed by atoms with Gasteiger partial charge in [0.15, 0.2) is 6.29 Å². The lowest BCUT2D eigenvalue weighted by atomic mass is 10.2. The maximum absolute atomic E-state index is 8.04. The van der Waals surface area contributed by atoms with E-state index in [4.69, 9.17) is 23.8 Å². The van der Waals surface area contributed by atoms with Crippen LogP contribution >= 0.6 is 11.6 Å². The van der Waals surface area contributed by atoms with Gasteiger partial charge in [0.25, 0.3) is 0 Å². The van der Waals surface area contributed by atoms with Gasteiger partial charge in [-0.25, -0.2) is 4.98 Å². The minimum absolute atomic E-state index is 0.0110. The van der Waals surface area contributed by atoms with Crippen LogP contribution in [0, 0.1) is 0 Å². The first-order chi connectivity index (χ1) is 11.5. The summed E-state index contributed by atoms with van der Waals surface area (Å²) in [6.45, 7) is 4.88. The Labute approximate surface area is 138 Å². The topological polar surface area (TPSA) is 49.2 Å². The Kier molecular flexibility index (Phi) is 4.19. The van der Waals surface area contributed by atoms with E-state index in [1.807, 2.05) is 24.5 Å². The minimum Gasteiger partial charge on any atom is -0.347 e. The predicted octanol–water partition coefficient (Wildman–Crippen LogP) is 4.27. The Morgan fingerprint density at radius 2 is 2.05 bits per heavy atom. The van der Waals surface area contributed by atoms with Crippen molar-refractivity contribution < 1.29 is 12.2 Å². The van der Waals surface area contributed by atoms with Crippen LogP contribution in [-0.2, 0) is 9.47 Å². The zero-order valence-electron chi connectivity index (χ0n) is 14.8. The Bertz CT molecular complexity index is 696. The second-order valence-electron chi connectivity index (χ2n) is 5.20. The molecule has 2 aromatic rings. The van der Waals surface area contributed by atoms with Gasteiger partial charge in [0, 0.05) is 33.6 Å². The summed E-state index contributed by atoms with van der Waals surface area (Å²) in [4.78, 5) is 8.43. The summed E-state index contributed by atoms with van der Waals surface area (Å²) in [6, 6.07) is 1.97. The number of nitrogens with zero attached hydrogens (tertiary/aromatic N) is 3. The molecule has 22 heavy (non-hydrogen) atoms. The Morgan fingerprint density at radius 3 is 2.68 bits per heavy atom. The number of ether oxygens (including phenoxy) is 2. The molecule has 0 spiro atoms. The molecule has 0 saturated heterocycles. The van der Waals surface area contributed by atoms with Crippen molar-refractivity contribution in [2.45, 2.75) is 51.8 Å². The van der Waals surface area contributed by atoms with Crippen molar-refractivity contribution in [3.05, 3.63) is 23.2 Å². The van der Waals surface area contributed by atoms with Gasteiger partial charge in [-0.05, 0) is 44.4 Å². The van der Waals surface area contributed by atoms with Crippen molar-refractivity contribution in [1.29, 1.82) is 0 Å². The molecular weight excluding hydrogens is 302 g/mol. The van der Waals surface area contributed by atoms with Crippen molar-refractivity contribution >= 4 is 22.6 Å². The van der Waals surface area contributed by atoms with E-state index in [1.54, 1.807) is 6.20 Å². The summed E-state index contributed by atoms with van der Waals surface area (Å²) in [6.07, 6.45) is 1.60. The fraction of sp³-hybridized carbons (Fsp3) is 0.625. The highest BCUT2D eigenvalue weighted by Crippen LogP contribution is 2.37. The normalized spacial score (nSPS) is 26.6. The molecule has 0 bridgehead atoms. The van der Waals surface area contributed by atoms with Gasteiger partial charge in [0.2, 0.25) is 5.28 Å². The molecule has 1 saturated carbocycles. The maximum atomic E-state index is 8.04. The quantitative estimate of drug-likeness (QED) is 0.588. The Balaban J connectivity index is 2.11. The molecule has 2 heterocycles. The summed E-state index contributed by atoms with van der Waals surface area (Å²) >= 11 is 5.99. The summed E-state index contributed by atoms with van der Waals surface area (Å²) in [7, 11) is 0. The van der Waals surface area contributed by atoms with Crippen molar-refractivity contribution in [2.24, 2.45) is 0 Å². The number of fused-ring (bicyclic) bond motifs is 1. The summed E-state index contributed by atoms with van der Waals surface area (Å²) in [5.41, 5.74) is 1.55. The van der Waals surface area contributed by atoms with Gasteiger partial charge in [-0.3, -0.25) is 0 Å². The molecule has 6 heteroatoms. The first-order valence-corrected chi connectivity index (χ1v) is 8.04. The maximum Gasteiger partial charge on any atom is 0.224 e. The molecule has 1 aliphatic rings. The van der Waals surface area contributed by atoms with E-state index in [0.29, 0.717) is 31.7 Å². The number of aromatic nitrogens is 3. The van der Waals surface area contributed by atoms with Crippen LogP contribution in [0.1, 0.15) is 60.3 Å². The third-order valence-electron chi connectivity index (χ3n) is 3.80. The standard InChI is InChI=1S/C16H22ClN3O2/c1-3-21-15(22-4-2)13-9-11-10-18-16(17)19-14(11)20(13)12-7-5-6-8-12/h9-10,12,15H,3-8H2,1-2H3/i5D,6D. The van der Waals surface area contributed by atoms with Gasteiger partial charge < -0.3 is 14.0 Å². The number of hydrogen-bond donors (Lipinski definition) is 0. The fourth-order valence-electron chi connectivity index (χ4n) is 2.91. The van der Waals surface area contributed by atoms with Crippen LogP contribution in [0.25, 0.3) is 11.0 Å². The van der Waals surface area contributed by atoms with Crippen LogP contribution in [0.3, 0.4) is 0 Å². The minimum atomic E-state index is -0.512. The van der Waals surface area contributed by atoms with Gasteiger partial charge in [-0.15, -0.1) is 0 Å². The zero-order chi connectivity index (χ0) is 17.3. The third kappa shape index (κ3) is 2.98. The molecule has 0 radical (unpaired) electrons. The average Bonchev–Trinajstić information content (AvgIpc) is 3.07. The Morgan fingerprint density at radius 1 is 1.36 bits per heavy atom. The molecular formula is C16H22ClN3O2. The highest BCUT2D eigenvalue weighted by molar-refractivity contribution is 6.28. The van der Waals surface area contributed by atoms with E-state index in [-0.39, 0.29) is 11.3 Å². The molecule has 2 aromatic heterocycles. The monoisotopic (exact) mass is 325 g/mol. The average molecular weight is 326 g/mol. The lowest BCUT2D eigenvalue weighted by Crippen LogP contribution is -2.17. The molecule has 2 atom stereocenters.